The lowest BCUT2D eigenvalue weighted by molar-refractivity contribution is -0.139. The van der Waals surface area contributed by atoms with Crippen molar-refractivity contribution < 1.29 is 9.59 Å². The summed E-state index contributed by atoms with van der Waals surface area (Å²) in [5.41, 5.74) is 1.80. The minimum Gasteiger partial charge on any atom is -0.344 e. The quantitative estimate of drug-likeness (QED) is 0.221. The van der Waals surface area contributed by atoms with Gasteiger partial charge in [-0.1, -0.05) is 0 Å². The van der Waals surface area contributed by atoms with Gasteiger partial charge in [0.15, 0.2) is 0 Å². The maximum absolute atomic E-state index is 11.0. The summed E-state index contributed by atoms with van der Waals surface area (Å²) >= 11 is 1.79. The lowest BCUT2D eigenvalue weighted by Gasteiger charge is -2.21. The molecule has 6 heteroatoms. The summed E-state index contributed by atoms with van der Waals surface area (Å²) in [5, 5.41) is 2.62. The third-order valence-corrected chi connectivity index (χ3v) is 3.05. The standard InChI is InChI=1S/C7H13N3O2S/c8-10-7(12)6(11)9-5-2-1-3-13-4-5/h5H,1-4,8H2,(H,9,11)(H,10,12). The predicted octanol–water partition coefficient (Wildman–Crippen LogP) is -1.01. The SMILES string of the molecule is NNC(=O)C(=O)NC1CCCSC1. The summed E-state index contributed by atoms with van der Waals surface area (Å²) in [4.78, 5) is 21.8. The molecule has 74 valence electrons. The number of thioether (sulfide) groups is 1. The first-order valence-electron chi connectivity index (χ1n) is 4.13. The van der Waals surface area contributed by atoms with Crippen molar-refractivity contribution in [1.82, 2.24) is 10.7 Å². The first-order chi connectivity index (χ1) is 6.24. The summed E-state index contributed by atoms with van der Waals surface area (Å²) in [7, 11) is 0. The molecule has 0 aromatic carbocycles. The molecule has 1 unspecified atom stereocenters. The second kappa shape index (κ2) is 5.08. The van der Waals surface area contributed by atoms with E-state index in [1.54, 1.807) is 17.2 Å². The van der Waals surface area contributed by atoms with E-state index in [0.717, 1.165) is 24.3 Å². The molecular weight excluding hydrogens is 190 g/mol. The van der Waals surface area contributed by atoms with Crippen LogP contribution in [-0.4, -0.2) is 29.4 Å². The highest BCUT2D eigenvalue weighted by atomic mass is 32.2. The summed E-state index contributed by atoms with van der Waals surface area (Å²) < 4.78 is 0. The van der Waals surface area contributed by atoms with E-state index in [0.29, 0.717) is 0 Å². The number of nitrogens with one attached hydrogen (secondary N) is 2. The van der Waals surface area contributed by atoms with E-state index in [-0.39, 0.29) is 6.04 Å². The van der Waals surface area contributed by atoms with E-state index in [1.165, 1.54) is 0 Å². The number of nitrogens with two attached hydrogens (primary N) is 1. The molecule has 1 heterocycles. The summed E-state index contributed by atoms with van der Waals surface area (Å²) in [6.45, 7) is 0. The maximum atomic E-state index is 11.0. The van der Waals surface area contributed by atoms with Crippen LogP contribution in [0.2, 0.25) is 0 Å². The largest absolute Gasteiger partial charge is 0.344 e. The zero-order chi connectivity index (χ0) is 9.68. The zero-order valence-electron chi connectivity index (χ0n) is 7.21. The van der Waals surface area contributed by atoms with E-state index in [1.807, 2.05) is 0 Å². The highest BCUT2D eigenvalue weighted by Crippen LogP contribution is 2.16. The molecule has 0 saturated carbocycles. The summed E-state index contributed by atoms with van der Waals surface area (Å²) in [6, 6.07) is 0.114. The van der Waals surface area contributed by atoms with E-state index < -0.39 is 11.8 Å². The molecule has 0 radical (unpaired) electrons. The zero-order valence-corrected chi connectivity index (χ0v) is 8.02. The van der Waals surface area contributed by atoms with Crippen molar-refractivity contribution in [3.63, 3.8) is 0 Å². The highest BCUT2D eigenvalue weighted by molar-refractivity contribution is 7.99. The van der Waals surface area contributed by atoms with Gasteiger partial charge in [0.1, 0.15) is 0 Å². The molecule has 1 aliphatic rings. The van der Waals surface area contributed by atoms with Crippen LogP contribution in [0.4, 0.5) is 0 Å². The third-order valence-electron chi connectivity index (χ3n) is 1.83. The lowest BCUT2D eigenvalue weighted by Crippen LogP contribution is -2.48. The molecule has 5 nitrogen and oxygen atoms in total. The van der Waals surface area contributed by atoms with Gasteiger partial charge >= 0.3 is 11.8 Å². The molecular formula is C7H13N3O2S. The fraction of sp³-hybridized carbons (Fsp3) is 0.714. The Kier molecular flexibility index (Phi) is 4.04. The molecule has 1 fully saturated rings. The van der Waals surface area contributed by atoms with E-state index in [2.05, 4.69) is 5.32 Å². The van der Waals surface area contributed by atoms with Crippen molar-refractivity contribution in [2.75, 3.05) is 11.5 Å². The van der Waals surface area contributed by atoms with Crippen molar-refractivity contribution in [3.8, 4) is 0 Å². The average molecular weight is 203 g/mol. The Morgan fingerprint density at radius 2 is 2.15 bits per heavy atom. The van der Waals surface area contributed by atoms with Gasteiger partial charge in [0, 0.05) is 11.8 Å². The van der Waals surface area contributed by atoms with Crippen LogP contribution in [0.3, 0.4) is 0 Å². The Morgan fingerprint density at radius 3 is 2.69 bits per heavy atom. The van der Waals surface area contributed by atoms with Gasteiger partial charge in [-0.15, -0.1) is 0 Å². The topological polar surface area (TPSA) is 84.2 Å². The van der Waals surface area contributed by atoms with Crippen LogP contribution in [0.1, 0.15) is 12.8 Å². The molecule has 4 N–H and O–H groups in total. The minimum absolute atomic E-state index is 0.114. The number of amides is 2. The fourth-order valence-corrected chi connectivity index (χ4v) is 2.24. The Labute approximate surface area is 80.8 Å². The number of carbonyl (C=O) groups is 2. The number of hydrogen-bond donors (Lipinski definition) is 3. The molecule has 0 aliphatic carbocycles. The maximum Gasteiger partial charge on any atom is 0.323 e. The van der Waals surface area contributed by atoms with Gasteiger partial charge in [0.2, 0.25) is 0 Å². The van der Waals surface area contributed by atoms with Crippen LogP contribution in [0.15, 0.2) is 0 Å². The van der Waals surface area contributed by atoms with Crippen LogP contribution in [0.5, 0.6) is 0 Å². The Bertz CT molecular complexity index is 204. The van der Waals surface area contributed by atoms with Crippen molar-refractivity contribution in [1.29, 1.82) is 0 Å². The van der Waals surface area contributed by atoms with Crippen LogP contribution in [-0.2, 0) is 9.59 Å². The molecule has 1 saturated heterocycles. The highest BCUT2D eigenvalue weighted by Gasteiger charge is 2.19. The molecule has 0 spiro atoms. The van der Waals surface area contributed by atoms with E-state index in [9.17, 15) is 9.59 Å². The van der Waals surface area contributed by atoms with Crippen LogP contribution in [0.25, 0.3) is 0 Å². The smallest absolute Gasteiger partial charge is 0.323 e. The minimum atomic E-state index is -0.782. The molecule has 0 aromatic heterocycles. The van der Waals surface area contributed by atoms with E-state index in [4.69, 9.17) is 5.84 Å². The molecule has 2 amide bonds. The molecule has 13 heavy (non-hydrogen) atoms. The van der Waals surface area contributed by atoms with Crippen molar-refractivity contribution >= 4 is 23.6 Å². The van der Waals surface area contributed by atoms with Gasteiger partial charge in [-0.3, -0.25) is 15.0 Å². The van der Waals surface area contributed by atoms with Crippen LogP contribution >= 0.6 is 11.8 Å². The van der Waals surface area contributed by atoms with Gasteiger partial charge in [-0.25, -0.2) is 5.84 Å². The molecule has 0 bridgehead atoms. The number of carbonyl (C=O) groups excluding carboxylic acids is 2. The van der Waals surface area contributed by atoms with Crippen molar-refractivity contribution in [2.24, 2.45) is 5.84 Å². The average Bonchev–Trinajstić information content (AvgIpc) is 2.18. The van der Waals surface area contributed by atoms with Crippen molar-refractivity contribution in [2.45, 2.75) is 18.9 Å². The number of hydrogen-bond acceptors (Lipinski definition) is 4. The fourth-order valence-electron chi connectivity index (χ4n) is 1.17. The van der Waals surface area contributed by atoms with Gasteiger partial charge in [0.05, 0.1) is 0 Å². The lowest BCUT2D eigenvalue weighted by atomic mass is 10.2. The predicted molar refractivity (Wildman–Crippen MR) is 50.8 cm³/mol. The molecule has 0 aromatic rings. The van der Waals surface area contributed by atoms with Gasteiger partial charge in [-0.2, -0.15) is 11.8 Å². The van der Waals surface area contributed by atoms with Gasteiger partial charge < -0.3 is 5.32 Å². The number of hydrazine groups is 1. The van der Waals surface area contributed by atoms with Gasteiger partial charge in [-0.05, 0) is 18.6 Å². The first-order valence-corrected chi connectivity index (χ1v) is 5.28. The Hall–Kier alpha value is -0.750. The van der Waals surface area contributed by atoms with Crippen molar-refractivity contribution in [3.05, 3.63) is 0 Å². The normalized spacial score (nSPS) is 22.1. The van der Waals surface area contributed by atoms with Crippen LogP contribution in [0, 0.1) is 0 Å². The van der Waals surface area contributed by atoms with Gasteiger partial charge in [0.25, 0.3) is 0 Å². The first kappa shape index (κ1) is 10.3. The van der Waals surface area contributed by atoms with E-state index >= 15 is 0 Å². The second-order valence-electron chi connectivity index (χ2n) is 2.86. The Balaban J connectivity index is 2.30. The summed E-state index contributed by atoms with van der Waals surface area (Å²) in [6.07, 6.45) is 2.02. The number of rotatable bonds is 1. The Morgan fingerprint density at radius 1 is 1.38 bits per heavy atom. The monoisotopic (exact) mass is 203 g/mol. The molecule has 1 aliphatic heterocycles. The molecule has 1 atom stereocenters. The van der Waals surface area contributed by atoms with Crippen LogP contribution < -0.4 is 16.6 Å². The summed E-state index contributed by atoms with van der Waals surface area (Å²) in [5.74, 6) is 5.40. The second-order valence-corrected chi connectivity index (χ2v) is 4.01. The molecule has 1 rings (SSSR count). The third kappa shape index (κ3) is 3.23.